The Morgan fingerprint density at radius 1 is 1.03 bits per heavy atom. The molecule has 3 rings (SSSR count). The Hall–Kier alpha value is -3.00. The van der Waals surface area contributed by atoms with Gasteiger partial charge in [-0.1, -0.05) is 61.9 Å². The van der Waals surface area contributed by atoms with Crippen LogP contribution in [0.25, 0.3) is 11.1 Å². The molecule has 182 valence electrons. The number of rotatable bonds is 12. The van der Waals surface area contributed by atoms with E-state index in [1.165, 1.54) is 11.8 Å². The number of hydrogen-bond donors (Lipinski definition) is 3. The zero-order valence-corrected chi connectivity index (χ0v) is 20.4. The molecule has 2 unspecified atom stereocenters. The highest BCUT2D eigenvalue weighted by atomic mass is 32.2. The van der Waals surface area contributed by atoms with E-state index in [2.05, 4.69) is 34.9 Å². The number of nitrogens with one attached hydrogen (secondary N) is 2. The first-order valence-electron chi connectivity index (χ1n) is 11.6. The van der Waals surface area contributed by atoms with Crippen molar-refractivity contribution in [2.45, 2.75) is 38.1 Å². The molecular weight excluding hydrogens is 452 g/mol. The predicted octanol–water partition coefficient (Wildman–Crippen LogP) is 4.26. The number of carboxylic acid groups (broad SMARTS) is 1. The molecule has 2 atom stereocenters. The van der Waals surface area contributed by atoms with Gasteiger partial charge in [0.2, 0.25) is 5.91 Å². The molecule has 0 fully saturated rings. The molecule has 0 aromatic heterocycles. The minimum atomic E-state index is -1.05. The van der Waals surface area contributed by atoms with Crippen LogP contribution in [0, 0.1) is 5.92 Å². The Labute approximate surface area is 204 Å². The standard InChI is InChI=1S/C26H32N2O5S/c1-3-8-17(24(29)28-23(25(30)31)13-14-34-2)15-27-26(32)33-16-22-20-11-6-4-9-18(20)19-10-5-7-12-21(19)22/h4-7,9-12,17,22-23H,3,8,13-16H2,1-2H3,(H,27,32)(H,28,29)(H,30,31). The van der Waals surface area contributed by atoms with Crippen molar-refractivity contribution in [2.24, 2.45) is 5.92 Å². The monoisotopic (exact) mass is 484 g/mol. The highest BCUT2D eigenvalue weighted by Crippen LogP contribution is 2.44. The van der Waals surface area contributed by atoms with Crippen molar-refractivity contribution in [3.05, 3.63) is 59.7 Å². The molecule has 34 heavy (non-hydrogen) atoms. The topological polar surface area (TPSA) is 105 Å². The zero-order chi connectivity index (χ0) is 24.5. The van der Waals surface area contributed by atoms with Gasteiger partial charge in [-0.25, -0.2) is 9.59 Å². The average molecular weight is 485 g/mol. The molecule has 2 aromatic carbocycles. The summed E-state index contributed by atoms with van der Waals surface area (Å²) < 4.78 is 5.54. The third-order valence-corrected chi connectivity index (χ3v) is 6.71. The second-order valence-corrected chi connectivity index (χ2v) is 9.36. The third kappa shape index (κ3) is 6.32. The van der Waals surface area contributed by atoms with Gasteiger partial charge in [0.1, 0.15) is 12.6 Å². The van der Waals surface area contributed by atoms with Crippen LogP contribution in [0.1, 0.15) is 43.2 Å². The van der Waals surface area contributed by atoms with E-state index in [0.29, 0.717) is 18.6 Å². The number of benzene rings is 2. The van der Waals surface area contributed by atoms with E-state index in [1.807, 2.05) is 37.4 Å². The van der Waals surface area contributed by atoms with Crippen molar-refractivity contribution >= 4 is 29.7 Å². The molecule has 8 heteroatoms. The van der Waals surface area contributed by atoms with Crippen LogP contribution in [0.5, 0.6) is 0 Å². The number of amides is 2. The van der Waals surface area contributed by atoms with Crippen LogP contribution >= 0.6 is 11.8 Å². The van der Waals surface area contributed by atoms with E-state index in [9.17, 15) is 19.5 Å². The summed E-state index contributed by atoms with van der Waals surface area (Å²) >= 11 is 1.53. The summed E-state index contributed by atoms with van der Waals surface area (Å²) in [6, 6.07) is 15.3. The molecular formula is C26H32N2O5S. The molecule has 0 bridgehead atoms. The van der Waals surface area contributed by atoms with Crippen LogP contribution in [-0.2, 0) is 14.3 Å². The molecule has 1 aliphatic rings. The van der Waals surface area contributed by atoms with Crippen LogP contribution in [-0.4, -0.2) is 54.3 Å². The summed E-state index contributed by atoms with van der Waals surface area (Å²) in [5.41, 5.74) is 4.57. The van der Waals surface area contributed by atoms with Crippen molar-refractivity contribution in [3.63, 3.8) is 0 Å². The van der Waals surface area contributed by atoms with Crippen molar-refractivity contribution in [1.29, 1.82) is 0 Å². The number of aliphatic carboxylic acids is 1. The lowest BCUT2D eigenvalue weighted by molar-refractivity contribution is -0.142. The van der Waals surface area contributed by atoms with Crippen LogP contribution in [0.4, 0.5) is 4.79 Å². The van der Waals surface area contributed by atoms with E-state index in [0.717, 1.165) is 28.7 Å². The van der Waals surface area contributed by atoms with Crippen molar-refractivity contribution in [2.75, 3.05) is 25.2 Å². The van der Waals surface area contributed by atoms with E-state index >= 15 is 0 Å². The lowest BCUT2D eigenvalue weighted by Crippen LogP contribution is -2.46. The number of carbonyl (C=O) groups excluding carboxylic acids is 2. The van der Waals surface area contributed by atoms with Gasteiger partial charge in [0.25, 0.3) is 0 Å². The van der Waals surface area contributed by atoms with E-state index in [4.69, 9.17) is 4.74 Å². The molecule has 3 N–H and O–H groups in total. The van der Waals surface area contributed by atoms with E-state index in [-0.39, 0.29) is 25.0 Å². The molecule has 0 saturated carbocycles. The molecule has 7 nitrogen and oxygen atoms in total. The third-order valence-electron chi connectivity index (χ3n) is 6.07. The van der Waals surface area contributed by atoms with Crippen LogP contribution < -0.4 is 10.6 Å². The Bertz CT molecular complexity index is 967. The molecule has 0 heterocycles. The molecule has 0 saturated heterocycles. The van der Waals surface area contributed by atoms with Crippen LogP contribution in [0.3, 0.4) is 0 Å². The van der Waals surface area contributed by atoms with E-state index < -0.39 is 24.0 Å². The smallest absolute Gasteiger partial charge is 0.407 e. The van der Waals surface area contributed by atoms with Gasteiger partial charge in [0.05, 0.1) is 5.92 Å². The molecule has 0 aliphatic heterocycles. The van der Waals surface area contributed by atoms with Crippen LogP contribution in [0.2, 0.25) is 0 Å². The van der Waals surface area contributed by atoms with Crippen molar-refractivity contribution in [3.8, 4) is 11.1 Å². The molecule has 2 aromatic rings. The summed E-state index contributed by atoms with van der Waals surface area (Å²) in [4.78, 5) is 36.6. The van der Waals surface area contributed by atoms with Gasteiger partial charge >= 0.3 is 12.1 Å². The maximum atomic E-state index is 12.7. The highest BCUT2D eigenvalue weighted by molar-refractivity contribution is 7.98. The van der Waals surface area contributed by atoms with Crippen molar-refractivity contribution < 1.29 is 24.2 Å². The van der Waals surface area contributed by atoms with E-state index in [1.54, 1.807) is 0 Å². The van der Waals surface area contributed by atoms with Gasteiger partial charge in [-0.2, -0.15) is 11.8 Å². The fraction of sp³-hybridized carbons (Fsp3) is 0.423. The summed E-state index contributed by atoms with van der Waals surface area (Å²) in [5, 5.41) is 14.7. The Kier molecular flexibility index (Phi) is 9.39. The SMILES string of the molecule is CCCC(CNC(=O)OCC1c2ccccc2-c2ccccc21)C(=O)NC(CCSC)C(=O)O. The van der Waals surface area contributed by atoms with Crippen LogP contribution in [0.15, 0.2) is 48.5 Å². The van der Waals surface area contributed by atoms with Gasteiger partial charge in [-0.05, 0) is 47.1 Å². The first kappa shape index (κ1) is 25.6. The normalized spacial score (nSPS) is 13.9. The van der Waals surface area contributed by atoms with Gasteiger partial charge in [-0.15, -0.1) is 0 Å². The number of hydrogen-bond acceptors (Lipinski definition) is 5. The number of carbonyl (C=O) groups is 3. The second kappa shape index (κ2) is 12.5. The maximum absolute atomic E-state index is 12.7. The quantitative estimate of drug-likeness (QED) is 0.416. The van der Waals surface area contributed by atoms with Gasteiger partial charge < -0.3 is 20.5 Å². The summed E-state index contributed by atoms with van der Waals surface area (Å²) in [5.74, 6) is -1.35. The predicted molar refractivity (Wildman–Crippen MR) is 134 cm³/mol. The molecule has 0 spiro atoms. The van der Waals surface area contributed by atoms with Gasteiger partial charge in [-0.3, -0.25) is 4.79 Å². The Morgan fingerprint density at radius 2 is 1.65 bits per heavy atom. The zero-order valence-electron chi connectivity index (χ0n) is 19.6. The Morgan fingerprint density at radius 3 is 2.21 bits per heavy atom. The molecule has 1 aliphatic carbocycles. The number of thioether (sulfide) groups is 1. The maximum Gasteiger partial charge on any atom is 0.407 e. The number of carboxylic acids is 1. The summed E-state index contributed by atoms with van der Waals surface area (Å²) in [6.45, 7) is 2.22. The lowest BCUT2D eigenvalue weighted by Gasteiger charge is -2.20. The minimum Gasteiger partial charge on any atom is -0.480 e. The van der Waals surface area contributed by atoms with Gasteiger partial charge in [0.15, 0.2) is 0 Å². The molecule has 2 amide bonds. The minimum absolute atomic E-state index is 0.0411. The highest BCUT2D eigenvalue weighted by Gasteiger charge is 2.29. The fourth-order valence-corrected chi connectivity index (χ4v) is 4.78. The number of alkyl carbamates (subject to hydrolysis) is 1. The first-order chi connectivity index (χ1) is 16.5. The second-order valence-electron chi connectivity index (χ2n) is 8.37. The summed E-state index contributed by atoms with van der Waals surface area (Å²) in [7, 11) is 0. The number of ether oxygens (including phenoxy) is 1. The fourth-order valence-electron chi connectivity index (χ4n) is 4.31. The first-order valence-corrected chi connectivity index (χ1v) is 13.0. The lowest BCUT2D eigenvalue weighted by atomic mass is 9.98. The Balaban J connectivity index is 1.56. The summed E-state index contributed by atoms with van der Waals surface area (Å²) in [6.07, 6.45) is 2.91. The average Bonchev–Trinajstić information content (AvgIpc) is 3.16. The van der Waals surface area contributed by atoms with Gasteiger partial charge in [0, 0.05) is 12.5 Å². The molecule has 0 radical (unpaired) electrons. The van der Waals surface area contributed by atoms with Crippen molar-refractivity contribution in [1.82, 2.24) is 10.6 Å². The largest absolute Gasteiger partial charge is 0.480 e. The number of fused-ring (bicyclic) bond motifs is 3.